The first-order valence-electron chi connectivity index (χ1n) is 11.2. The largest absolute Gasteiger partial charge is 0.352 e. The van der Waals surface area contributed by atoms with Crippen molar-refractivity contribution >= 4 is 29.1 Å². The average Bonchev–Trinajstić information content (AvgIpc) is 2.78. The molecule has 3 N–H and O–H groups in total. The van der Waals surface area contributed by atoms with Crippen molar-refractivity contribution in [1.29, 1.82) is 0 Å². The van der Waals surface area contributed by atoms with Crippen molar-refractivity contribution in [1.82, 2.24) is 10.2 Å². The number of para-hydroxylation sites is 2. The third kappa shape index (κ3) is 6.92. The van der Waals surface area contributed by atoms with E-state index < -0.39 is 0 Å². The fourth-order valence-electron chi connectivity index (χ4n) is 3.75. The Labute approximate surface area is 189 Å². The van der Waals surface area contributed by atoms with Gasteiger partial charge in [0, 0.05) is 18.8 Å². The summed E-state index contributed by atoms with van der Waals surface area (Å²) in [5, 5.41) is 8.71. The summed E-state index contributed by atoms with van der Waals surface area (Å²) in [6.45, 7) is 6.10. The molecule has 1 unspecified atom stereocenters. The smallest absolute Gasteiger partial charge is 0.253 e. The Morgan fingerprint density at radius 1 is 1.00 bits per heavy atom. The van der Waals surface area contributed by atoms with Crippen LogP contribution in [-0.2, 0) is 9.59 Å². The molecule has 1 saturated heterocycles. The molecule has 0 aliphatic carbocycles. The molecule has 1 atom stereocenters. The molecule has 0 saturated carbocycles. The summed E-state index contributed by atoms with van der Waals surface area (Å²) in [5.74, 6) is -0.241. The number of amides is 3. The standard InChI is InChI=1S/C25H32N4O3/c1-18(2)15-26-25(32)21-12-6-7-13-22(21)28-23(30)17-29-14-8-9-19(16-29)24(31)27-20-10-4-3-5-11-20/h3-7,10-13,18-19H,8-9,14-17H2,1-2H3,(H,26,32)(H,27,31)(H,28,30). The van der Waals surface area contributed by atoms with Gasteiger partial charge in [0.25, 0.3) is 5.91 Å². The first kappa shape index (κ1) is 23.5. The lowest BCUT2D eigenvalue weighted by atomic mass is 9.97. The molecular weight excluding hydrogens is 404 g/mol. The average molecular weight is 437 g/mol. The Morgan fingerprint density at radius 3 is 2.47 bits per heavy atom. The summed E-state index contributed by atoms with van der Waals surface area (Å²) in [4.78, 5) is 39.8. The third-order valence-electron chi connectivity index (χ3n) is 5.40. The zero-order chi connectivity index (χ0) is 22.9. The number of nitrogens with zero attached hydrogens (tertiary/aromatic N) is 1. The Kier molecular flexibility index (Phi) is 8.39. The number of nitrogens with one attached hydrogen (secondary N) is 3. The highest BCUT2D eigenvalue weighted by Gasteiger charge is 2.27. The molecule has 0 radical (unpaired) electrons. The first-order chi connectivity index (χ1) is 15.4. The van der Waals surface area contributed by atoms with Crippen molar-refractivity contribution in [2.24, 2.45) is 11.8 Å². The van der Waals surface area contributed by atoms with Crippen LogP contribution in [0.2, 0.25) is 0 Å². The zero-order valence-electron chi connectivity index (χ0n) is 18.8. The summed E-state index contributed by atoms with van der Waals surface area (Å²) >= 11 is 0. The maximum absolute atomic E-state index is 12.7. The van der Waals surface area contributed by atoms with E-state index in [0.717, 1.165) is 25.1 Å². The molecule has 1 aliphatic heterocycles. The second-order valence-electron chi connectivity index (χ2n) is 8.63. The van der Waals surface area contributed by atoms with Crippen LogP contribution in [-0.4, -0.2) is 48.8 Å². The lowest BCUT2D eigenvalue weighted by molar-refractivity contribution is -0.123. The number of likely N-dealkylation sites (tertiary alicyclic amines) is 1. The van der Waals surface area contributed by atoms with Crippen molar-refractivity contribution in [2.45, 2.75) is 26.7 Å². The van der Waals surface area contributed by atoms with Gasteiger partial charge >= 0.3 is 0 Å². The number of benzene rings is 2. The van der Waals surface area contributed by atoms with Gasteiger partial charge in [0.15, 0.2) is 0 Å². The second kappa shape index (κ2) is 11.4. The molecule has 1 aliphatic rings. The van der Waals surface area contributed by atoms with Crippen molar-refractivity contribution in [3.63, 3.8) is 0 Å². The van der Waals surface area contributed by atoms with Gasteiger partial charge in [-0.05, 0) is 49.6 Å². The Bertz CT molecular complexity index is 930. The monoisotopic (exact) mass is 436 g/mol. The van der Waals surface area contributed by atoms with Crippen molar-refractivity contribution in [3.8, 4) is 0 Å². The van der Waals surface area contributed by atoms with Crippen LogP contribution in [0.15, 0.2) is 54.6 Å². The minimum absolute atomic E-state index is 0.0199. The summed E-state index contributed by atoms with van der Waals surface area (Å²) in [6.07, 6.45) is 1.66. The van der Waals surface area contributed by atoms with E-state index in [4.69, 9.17) is 0 Å². The fourth-order valence-corrected chi connectivity index (χ4v) is 3.75. The molecule has 2 aromatic rings. The van der Waals surface area contributed by atoms with Gasteiger partial charge in [-0.25, -0.2) is 0 Å². The van der Waals surface area contributed by atoms with E-state index >= 15 is 0 Å². The van der Waals surface area contributed by atoms with E-state index in [2.05, 4.69) is 16.0 Å². The highest BCUT2D eigenvalue weighted by molar-refractivity contribution is 6.04. The van der Waals surface area contributed by atoms with Gasteiger partial charge in [-0.1, -0.05) is 44.2 Å². The number of piperidine rings is 1. The molecule has 0 aromatic heterocycles. The van der Waals surface area contributed by atoms with Gasteiger partial charge in [-0.3, -0.25) is 19.3 Å². The van der Waals surface area contributed by atoms with E-state index in [1.54, 1.807) is 24.3 Å². The molecule has 7 nitrogen and oxygen atoms in total. The molecule has 7 heteroatoms. The van der Waals surface area contributed by atoms with Crippen LogP contribution in [0, 0.1) is 11.8 Å². The fraction of sp³-hybridized carbons (Fsp3) is 0.400. The number of hydrogen-bond acceptors (Lipinski definition) is 4. The van der Waals surface area contributed by atoms with Crippen molar-refractivity contribution in [2.75, 3.05) is 36.8 Å². The summed E-state index contributed by atoms with van der Waals surface area (Å²) in [5.41, 5.74) is 1.72. The van der Waals surface area contributed by atoms with Gasteiger partial charge in [0.05, 0.1) is 23.7 Å². The van der Waals surface area contributed by atoms with E-state index in [9.17, 15) is 14.4 Å². The topological polar surface area (TPSA) is 90.5 Å². The SMILES string of the molecule is CC(C)CNC(=O)c1ccccc1NC(=O)CN1CCCC(C(=O)Nc2ccccc2)C1. The molecule has 2 aromatic carbocycles. The predicted molar refractivity (Wildman–Crippen MR) is 126 cm³/mol. The number of anilines is 2. The van der Waals surface area contributed by atoms with Crippen LogP contribution in [0.3, 0.4) is 0 Å². The van der Waals surface area contributed by atoms with E-state index in [0.29, 0.717) is 30.3 Å². The van der Waals surface area contributed by atoms with Gasteiger partial charge in [0.2, 0.25) is 11.8 Å². The quantitative estimate of drug-likeness (QED) is 0.592. The predicted octanol–water partition coefficient (Wildman–Crippen LogP) is 3.36. The third-order valence-corrected chi connectivity index (χ3v) is 5.40. The molecule has 170 valence electrons. The molecule has 1 heterocycles. The molecular formula is C25H32N4O3. The van der Waals surface area contributed by atoms with Gasteiger partial charge in [-0.15, -0.1) is 0 Å². The highest BCUT2D eigenvalue weighted by atomic mass is 16.2. The Balaban J connectivity index is 1.55. The van der Waals surface area contributed by atoms with Crippen LogP contribution >= 0.6 is 0 Å². The molecule has 1 fully saturated rings. The maximum Gasteiger partial charge on any atom is 0.253 e. The Morgan fingerprint density at radius 2 is 1.72 bits per heavy atom. The summed E-state index contributed by atoms with van der Waals surface area (Å²) in [6, 6.07) is 16.4. The normalized spacial score (nSPS) is 16.4. The van der Waals surface area contributed by atoms with Crippen LogP contribution in [0.5, 0.6) is 0 Å². The summed E-state index contributed by atoms with van der Waals surface area (Å²) < 4.78 is 0. The number of hydrogen-bond donors (Lipinski definition) is 3. The van der Waals surface area contributed by atoms with Crippen LogP contribution in [0.4, 0.5) is 11.4 Å². The molecule has 0 bridgehead atoms. The minimum atomic E-state index is -0.204. The Hall–Kier alpha value is -3.19. The molecule has 3 amide bonds. The van der Waals surface area contributed by atoms with E-state index in [1.165, 1.54) is 0 Å². The van der Waals surface area contributed by atoms with E-state index in [-0.39, 0.29) is 30.2 Å². The maximum atomic E-state index is 12.7. The number of carbonyl (C=O) groups is 3. The zero-order valence-corrected chi connectivity index (χ0v) is 18.8. The second-order valence-corrected chi connectivity index (χ2v) is 8.63. The van der Waals surface area contributed by atoms with Crippen LogP contribution in [0.1, 0.15) is 37.0 Å². The van der Waals surface area contributed by atoms with Crippen molar-refractivity contribution < 1.29 is 14.4 Å². The molecule has 3 rings (SSSR count). The van der Waals surface area contributed by atoms with Crippen LogP contribution in [0.25, 0.3) is 0 Å². The first-order valence-corrected chi connectivity index (χ1v) is 11.2. The van der Waals surface area contributed by atoms with Gasteiger partial charge in [0.1, 0.15) is 0 Å². The lowest BCUT2D eigenvalue weighted by Gasteiger charge is -2.31. The van der Waals surface area contributed by atoms with Gasteiger partial charge in [-0.2, -0.15) is 0 Å². The minimum Gasteiger partial charge on any atom is -0.352 e. The molecule has 32 heavy (non-hydrogen) atoms. The van der Waals surface area contributed by atoms with Gasteiger partial charge < -0.3 is 16.0 Å². The van der Waals surface area contributed by atoms with Crippen molar-refractivity contribution in [3.05, 3.63) is 60.2 Å². The van der Waals surface area contributed by atoms with E-state index in [1.807, 2.05) is 49.1 Å². The number of carbonyl (C=O) groups excluding carboxylic acids is 3. The lowest BCUT2D eigenvalue weighted by Crippen LogP contribution is -2.44. The summed E-state index contributed by atoms with van der Waals surface area (Å²) in [7, 11) is 0. The van der Waals surface area contributed by atoms with Crippen LogP contribution < -0.4 is 16.0 Å². The highest BCUT2D eigenvalue weighted by Crippen LogP contribution is 2.20. The number of rotatable bonds is 8. The molecule has 0 spiro atoms.